The van der Waals surface area contributed by atoms with Gasteiger partial charge in [-0.1, -0.05) is 30.3 Å². The Kier molecular flexibility index (Phi) is 1.51. The molecule has 1 aromatic carbocycles. The van der Waals surface area contributed by atoms with Crippen molar-refractivity contribution in [3.05, 3.63) is 66.7 Å². The number of aromatic nitrogens is 3. The van der Waals surface area contributed by atoms with Crippen LogP contribution in [0.4, 0.5) is 0 Å². The molecule has 5 rings (SSSR count). The van der Waals surface area contributed by atoms with Gasteiger partial charge in [-0.2, -0.15) is 0 Å². The second-order valence-electron chi connectivity index (χ2n) is 5.10. The van der Waals surface area contributed by atoms with Crippen molar-refractivity contribution >= 4 is 11.2 Å². The number of benzene rings is 1. The molecule has 0 amide bonds. The van der Waals surface area contributed by atoms with Gasteiger partial charge in [0.2, 0.25) is 0 Å². The Bertz CT molecular complexity index is 943. The zero-order valence-corrected chi connectivity index (χ0v) is 10.3. The van der Waals surface area contributed by atoms with Gasteiger partial charge in [0, 0.05) is 5.56 Å². The van der Waals surface area contributed by atoms with E-state index in [2.05, 4.69) is 74.6 Å². The average molecular weight is 246 g/mol. The van der Waals surface area contributed by atoms with Crippen LogP contribution in [0, 0.1) is 0 Å². The van der Waals surface area contributed by atoms with Crippen molar-refractivity contribution in [2.75, 3.05) is 0 Å². The summed E-state index contributed by atoms with van der Waals surface area (Å²) in [4.78, 5) is 0. The molecule has 4 heterocycles. The lowest BCUT2D eigenvalue weighted by molar-refractivity contribution is -0.509. The van der Waals surface area contributed by atoms with E-state index in [1.165, 1.54) is 28.0 Å². The van der Waals surface area contributed by atoms with Crippen molar-refractivity contribution in [1.82, 2.24) is 8.97 Å². The Morgan fingerprint density at radius 1 is 1.00 bits per heavy atom. The Morgan fingerprint density at radius 3 is 2.89 bits per heavy atom. The first-order valence-corrected chi connectivity index (χ1v) is 6.50. The molecule has 3 heteroatoms. The van der Waals surface area contributed by atoms with Crippen molar-refractivity contribution in [2.45, 2.75) is 6.54 Å². The fraction of sp³-hybridized carbons (Fsp3) is 0.0625. The molecule has 0 aliphatic carbocycles. The van der Waals surface area contributed by atoms with Gasteiger partial charge in [0.05, 0.1) is 12.7 Å². The first-order chi connectivity index (χ1) is 9.42. The van der Waals surface area contributed by atoms with Crippen LogP contribution < -0.4 is 4.40 Å². The molecule has 1 aliphatic rings. The molecule has 0 saturated carbocycles. The number of pyridine rings is 1. The fourth-order valence-electron chi connectivity index (χ4n) is 3.21. The van der Waals surface area contributed by atoms with Crippen LogP contribution in [0.2, 0.25) is 0 Å². The third kappa shape index (κ3) is 1.06. The molecule has 4 aromatic rings. The summed E-state index contributed by atoms with van der Waals surface area (Å²) in [7, 11) is 0. The molecule has 19 heavy (non-hydrogen) atoms. The van der Waals surface area contributed by atoms with Crippen LogP contribution in [-0.4, -0.2) is 8.97 Å². The minimum atomic E-state index is 0.974. The van der Waals surface area contributed by atoms with Crippen LogP contribution in [0.1, 0.15) is 5.56 Å². The van der Waals surface area contributed by atoms with E-state index in [0.717, 1.165) is 6.54 Å². The highest BCUT2D eigenvalue weighted by atomic mass is 15.2. The van der Waals surface area contributed by atoms with Gasteiger partial charge in [0.25, 0.3) is 5.65 Å². The Hall–Kier alpha value is -2.55. The summed E-state index contributed by atoms with van der Waals surface area (Å²) in [6.07, 6.45) is 6.51. The largest absolute Gasteiger partial charge is 0.278 e. The third-order valence-corrected chi connectivity index (χ3v) is 4.01. The predicted octanol–water partition coefficient (Wildman–Crippen LogP) is 2.51. The summed E-state index contributed by atoms with van der Waals surface area (Å²) >= 11 is 0. The highest BCUT2D eigenvalue weighted by Crippen LogP contribution is 2.33. The molecule has 0 N–H and O–H groups in total. The Morgan fingerprint density at radius 2 is 1.89 bits per heavy atom. The number of imidazole rings is 2. The van der Waals surface area contributed by atoms with Crippen LogP contribution in [0.25, 0.3) is 22.4 Å². The quantitative estimate of drug-likeness (QED) is 0.373. The molecule has 0 radical (unpaired) electrons. The molecule has 0 spiro atoms. The minimum absolute atomic E-state index is 0.974. The lowest BCUT2D eigenvalue weighted by Gasteiger charge is -1.94. The monoisotopic (exact) mass is 246 g/mol. The summed E-state index contributed by atoms with van der Waals surface area (Å²) in [6.45, 7) is 0.974. The van der Waals surface area contributed by atoms with E-state index in [1.807, 2.05) is 0 Å². The van der Waals surface area contributed by atoms with Crippen LogP contribution in [0.15, 0.2) is 61.2 Å². The molecular weight excluding hydrogens is 234 g/mol. The van der Waals surface area contributed by atoms with E-state index in [9.17, 15) is 0 Å². The van der Waals surface area contributed by atoms with Crippen LogP contribution in [-0.2, 0) is 6.54 Å². The summed E-state index contributed by atoms with van der Waals surface area (Å²) in [5.74, 6) is 0. The molecule has 3 nitrogen and oxygen atoms in total. The number of fused-ring (bicyclic) bond motifs is 7. The molecule has 0 atom stereocenters. The maximum absolute atomic E-state index is 2.33. The first-order valence-electron chi connectivity index (χ1n) is 6.50. The van der Waals surface area contributed by atoms with Crippen molar-refractivity contribution in [3.8, 4) is 11.3 Å². The second-order valence-corrected chi connectivity index (χ2v) is 5.10. The minimum Gasteiger partial charge on any atom is -0.255 e. The lowest BCUT2D eigenvalue weighted by Crippen LogP contribution is -2.15. The fourth-order valence-corrected chi connectivity index (χ4v) is 3.21. The molecule has 0 fully saturated rings. The summed E-state index contributed by atoms with van der Waals surface area (Å²) in [6, 6.07) is 15.0. The average Bonchev–Trinajstić information content (AvgIpc) is 3.04. The Balaban J connectivity index is 2.00. The van der Waals surface area contributed by atoms with Crippen molar-refractivity contribution < 1.29 is 4.40 Å². The summed E-state index contributed by atoms with van der Waals surface area (Å²) < 4.78 is 6.81. The number of rotatable bonds is 0. The zero-order valence-electron chi connectivity index (χ0n) is 10.3. The maximum Gasteiger partial charge on any atom is 0.278 e. The molecule has 3 aromatic heterocycles. The van der Waals surface area contributed by atoms with Gasteiger partial charge in [-0.05, 0) is 17.7 Å². The summed E-state index contributed by atoms with van der Waals surface area (Å²) in [5, 5.41) is 0. The summed E-state index contributed by atoms with van der Waals surface area (Å²) in [5.41, 5.74) is 6.56. The molecule has 1 aliphatic heterocycles. The van der Waals surface area contributed by atoms with E-state index >= 15 is 0 Å². The second kappa shape index (κ2) is 3.06. The van der Waals surface area contributed by atoms with Crippen LogP contribution in [0.5, 0.6) is 0 Å². The van der Waals surface area contributed by atoms with E-state index in [1.54, 1.807) is 0 Å². The standard InChI is InChI=1S/C16H12N3/c1-2-7-14-12(5-1)9-17-11-18-10-13-6-3-4-8-19(13)16(18)15(14)17/h1-8,10-11H,9H2/q+1. The topological polar surface area (TPSA) is 13.4 Å². The van der Waals surface area contributed by atoms with Gasteiger partial charge in [-0.15, -0.1) is 0 Å². The first kappa shape index (κ1) is 9.39. The van der Waals surface area contributed by atoms with Crippen molar-refractivity contribution in [1.29, 1.82) is 0 Å². The van der Waals surface area contributed by atoms with E-state index in [4.69, 9.17) is 0 Å². The highest BCUT2D eigenvalue weighted by molar-refractivity contribution is 5.79. The maximum atomic E-state index is 2.33. The van der Waals surface area contributed by atoms with Gasteiger partial charge in [0.15, 0.2) is 12.0 Å². The van der Waals surface area contributed by atoms with Gasteiger partial charge in [0.1, 0.15) is 11.7 Å². The van der Waals surface area contributed by atoms with E-state index in [0.29, 0.717) is 0 Å². The molecule has 0 saturated heterocycles. The van der Waals surface area contributed by atoms with E-state index in [-0.39, 0.29) is 0 Å². The van der Waals surface area contributed by atoms with Crippen LogP contribution >= 0.6 is 0 Å². The third-order valence-electron chi connectivity index (χ3n) is 4.01. The smallest absolute Gasteiger partial charge is 0.255 e. The Labute approximate surface area is 110 Å². The van der Waals surface area contributed by atoms with Gasteiger partial charge < -0.3 is 0 Å². The lowest BCUT2D eigenvalue weighted by atomic mass is 10.1. The van der Waals surface area contributed by atoms with Gasteiger partial charge in [-0.25, -0.2) is 8.80 Å². The predicted molar refractivity (Wildman–Crippen MR) is 73.1 cm³/mol. The number of nitrogens with zero attached hydrogens (tertiary/aromatic N) is 3. The van der Waals surface area contributed by atoms with Gasteiger partial charge >= 0.3 is 0 Å². The number of hydrogen-bond acceptors (Lipinski definition) is 0. The zero-order chi connectivity index (χ0) is 12.4. The normalized spacial score (nSPS) is 13.1. The number of hydrogen-bond donors (Lipinski definition) is 0. The van der Waals surface area contributed by atoms with Gasteiger partial charge in [-0.3, -0.25) is 4.57 Å². The van der Waals surface area contributed by atoms with Crippen molar-refractivity contribution in [3.63, 3.8) is 0 Å². The molecule has 0 bridgehead atoms. The van der Waals surface area contributed by atoms with Crippen LogP contribution in [0.3, 0.4) is 0 Å². The molecular formula is C16H12N3+. The molecule has 0 unspecified atom stereocenters. The van der Waals surface area contributed by atoms with Crippen molar-refractivity contribution in [2.24, 2.45) is 0 Å². The van der Waals surface area contributed by atoms with E-state index < -0.39 is 0 Å². The molecule has 90 valence electrons. The SMILES string of the molecule is c1ccc2c(c1)Cn1c[n+]3cc4ccccn4c3c1-2. The highest BCUT2D eigenvalue weighted by Gasteiger charge is 2.29.